The predicted octanol–water partition coefficient (Wildman–Crippen LogP) is 3.78. The van der Waals surface area contributed by atoms with Gasteiger partial charge in [-0.25, -0.2) is 4.79 Å². The van der Waals surface area contributed by atoms with E-state index in [2.05, 4.69) is 41.5 Å². The fraction of sp³-hybridized carbons (Fsp3) is 0.929. The number of hydrogen-bond donors (Lipinski definition) is 0. The number of carbonyl (C=O) groups is 1. The zero-order valence-electron chi connectivity index (χ0n) is 13.2. The fourth-order valence-corrected chi connectivity index (χ4v) is 10.4. The molecule has 1 atom stereocenters. The molecule has 0 N–H and O–H groups in total. The molecule has 108 valence electrons. The van der Waals surface area contributed by atoms with Crippen molar-refractivity contribution in [1.29, 1.82) is 0 Å². The standard InChI is InChI=1S/C14H30O3Si/c1-9-17-14(13(15)16-8)18(10(2)3,11(4)5)12(6)7/h10-12,14H,9H2,1-8H3. The summed E-state index contributed by atoms with van der Waals surface area (Å²) in [6, 6.07) is 0. The molecule has 4 heteroatoms. The average Bonchev–Trinajstić information content (AvgIpc) is 2.26. The van der Waals surface area contributed by atoms with Crippen LogP contribution in [0.2, 0.25) is 16.6 Å². The molecule has 0 aliphatic carbocycles. The van der Waals surface area contributed by atoms with Crippen LogP contribution in [0.4, 0.5) is 0 Å². The largest absolute Gasteiger partial charge is 0.467 e. The second-order valence-electron chi connectivity index (χ2n) is 5.82. The van der Waals surface area contributed by atoms with Crippen molar-refractivity contribution in [3.05, 3.63) is 0 Å². The Labute approximate surface area is 113 Å². The summed E-state index contributed by atoms with van der Waals surface area (Å²) in [6.45, 7) is 15.8. The van der Waals surface area contributed by atoms with Crippen LogP contribution in [0.15, 0.2) is 0 Å². The molecular weight excluding hydrogens is 244 g/mol. The number of carbonyl (C=O) groups excluding carboxylic acids is 1. The van der Waals surface area contributed by atoms with Crippen LogP contribution in [0.1, 0.15) is 48.5 Å². The molecule has 0 aromatic rings. The quantitative estimate of drug-likeness (QED) is 0.523. The van der Waals surface area contributed by atoms with Gasteiger partial charge in [-0.1, -0.05) is 41.5 Å². The zero-order valence-corrected chi connectivity index (χ0v) is 14.2. The molecule has 0 rings (SSSR count). The minimum atomic E-state index is -1.96. The molecule has 0 radical (unpaired) electrons. The summed E-state index contributed by atoms with van der Waals surface area (Å²) >= 11 is 0. The van der Waals surface area contributed by atoms with Gasteiger partial charge in [0, 0.05) is 6.61 Å². The summed E-state index contributed by atoms with van der Waals surface area (Å²) in [7, 11) is -0.506. The van der Waals surface area contributed by atoms with E-state index in [1.807, 2.05) is 6.92 Å². The average molecular weight is 274 g/mol. The van der Waals surface area contributed by atoms with Crippen molar-refractivity contribution in [2.24, 2.45) is 0 Å². The van der Waals surface area contributed by atoms with Gasteiger partial charge in [-0.05, 0) is 23.5 Å². The first-order valence-corrected chi connectivity index (χ1v) is 9.26. The molecule has 0 spiro atoms. The fourth-order valence-electron chi connectivity index (χ4n) is 3.60. The van der Waals surface area contributed by atoms with Crippen LogP contribution in [0.5, 0.6) is 0 Å². The molecule has 0 saturated carbocycles. The van der Waals surface area contributed by atoms with Crippen molar-refractivity contribution in [2.75, 3.05) is 13.7 Å². The van der Waals surface area contributed by atoms with Gasteiger partial charge in [-0.15, -0.1) is 0 Å². The van der Waals surface area contributed by atoms with Crippen molar-refractivity contribution in [1.82, 2.24) is 0 Å². The Morgan fingerprint density at radius 1 is 1.00 bits per heavy atom. The van der Waals surface area contributed by atoms with E-state index in [9.17, 15) is 4.79 Å². The highest BCUT2D eigenvalue weighted by atomic mass is 28.3. The zero-order chi connectivity index (χ0) is 14.5. The lowest BCUT2D eigenvalue weighted by Gasteiger charge is -2.46. The Morgan fingerprint density at radius 3 is 1.61 bits per heavy atom. The lowest BCUT2D eigenvalue weighted by atomic mass is 10.5. The summed E-state index contributed by atoms with van der Waals surface area (Å²) < 4.78 is 10.8. The third-order valence-electron chi connectivity index (χ3n) is 4.20. The lowest BCUT2D eigenvalue weighted by molar-refractivity contribution is -0.149. The van der Waals surface area contributed by atoms with Crippen LogP contribution in [0.25, 0.3) is 0 Å². The molecule has 0 aromatic carbocycles. The van der Waals surface area contributed by atoms with Gasteiger partial charge in [0.1, 0.15) is 13.8 Å². The van der Waals surface area contributed by atoms with Crippen molar-refractivity contribution >= 4 is 14.0 Å². The van der Waals surface area contributed by atoms with E-state index in [0.29, 0.717) is 23.2 Å². The van der Waals surface area contributed by atoms with Crippen LogP contribution in [-0.2, 0) is 14.3 Å². The molecule has 18 heavy (non-hydrogen) atoms. The SMILES string of the molecule is CCOC(C(=O)OC)[Si](C(C)C)(C(C)C)C(C)C. The Bertz CT molecular complexity index is 240. The Balaban J connectivity index is 5.68. The molecule has 0 heterocycles. The van der Waals surface area contributed by atoms with E-state index in [1.165, 1.54) is 7.11 Å². The van der Waals surface area contributed by atoms with Gasteiger partial charge in [0.15, 0.2) is 0 Å². The number of hydrogen-bond acceptors (Lipinski definition) is 3. The Hall–Kier alpha value is -0.353. The van der Waals surface area contributed by atoms with Crippen LogP contribution in [-0.4, -0.2) is 33.5 Å². The van der Waals surface area contributed by atoms with Gasteiger partial charge in [0.2, 0.25) is 0 Å². The van der Waals surface area contributed by atoms with E-state index in [4.69, 9.17) is 9.47 Å². The molecule has 0 aromatic heterocycles. The monoisotopic (exact) mass is 274 g/mol. The van der Waals surface area contributed by atoms with E-state index in [0.717, 1.165) is 0 Å². The third-order valence-corrected chi connectivity index (χ3v) is 11.5. The van der Waals surface area contributed by atoms with Crippen molar-refractivity contribution in [3.8, 4) is 0 Å². The summed E-state index contributed by atoms with van der Waals surface area (Å²) in [5.41, 5.74) is 1.09. The first kappa shape index (κ1) is 17.6. The highest BCUT2D eigenvalue weighted by Gasteiger charge is 2.53. The molecule has 3 nitrogen and oxygen atoms in total. The highest BCUT2D eigenvalue weighted by Crippen LogP contribution is 2.45. The topological polar surface area (TPSA) is 35.5 Å². The molecule has 0 amide bonds. The summed E-state index contributed by atoms with van der Waals surface area (Å²) in [5, 5.41) is 0. The molecule has 0 fully saturated rings. The van der Waals surface area contributed by atoms with Crippen LogP contribution >= 0.6 is 0 Å². The van der Waals surface area contributed by atoms with Gasteiger partial charge < -0.3 is 9.47 Å². The van der Waals surface area contributed by atoms with Crippen LogP contribution in [0.3, 0.4) is 0 Å². The smallest absolute Gasteiger partial charge is 0.331 e. The maximum atomic E-state index is 12.1. The molecular formula is C14H30O3Si. The minimum Gasteiger partial charge on any atom is -0.467 e. The van der Waals surface area contributed by atoms with Gasteiger partial charge >= 0.3 is 5.97 Å². The van der Waals surface area contributed by atoms with E-state index in [1.54, 1.807) is 0 Å². The molecule has 0 bridgehead atoms. The lowest BCUT2D eigenvalue weighted by Crippen LogP contribution is -2.60. The molecule has 0 aliphatic heterocycles. The Kier molecular flexibility index (Phi) is 7.15. The van der Waals surface area contributed by atoms with Gasteiger partial charge in [0.25, 0.3) is 0 Å². The summed E-state index contributed by atoms with van der Waals surface area (Å²) in [4.78, 5) is 12.1. The highest BCUT2D eigenvalue weighted by molar-refractivity contribution is 6.87. The van der Waals surface area contributed by atoms with E-state index < -0.39 is 8.07 Å². The second kappa shape index (κ2) is 7.29. The first-order chi connectivity index (χ1) is 8.26. The molecule has 0 aliphatic rings. The summed E-state index contributed by atoms with van der Waals surface area (Å²) in [5.74, 6) is -0.195. The number of ether oxygens (including phenoxy) is 2. The van der Waals surface area contributed by atoms with Gasteiger partial charge in [-0.3, -0.25) is 0 Å². The van der Waals surface area contributed by atoms with E-state index in [-0.39, 0.29) is 11.7 Å². The molecule has 1 unspecified atom stereocenters. The van der Waals surface area contributed by atoms with Crippen LogP contribution in [0, 0.1) is 0 Å². The molecule has 0 saturated heterocycles. The van der Waals surface area contributed by atoms with Crippen molar-refractivity contribution in [2.45, 2.75) is 70.8 Å². The third kappa shape index (κ3) is 3.15. The van der Waals surface area contributed by atoms with Gasteiger partial charge in [0.05, 0.1) is 7.11 Å². The van der Waals surface area contributed by atoms with Crippen molar-refractivity contribution < 1.29 is 14.3 Å². The van der Waals surface area contributed by atoms with E-state index >= 15 is 0 Å². The number of rotatable bonds is 7. The predicted molar refractivity (Wildman–Crippen MR) is 78.5 cm³/mol. The Morgan fingerprint density at radius 2 is 1.39 bits per heavy atom. The van der Waals surface area contributed by atoms with Crippen LogP contribution < -0.4 is 0 Å². The maximum Gasteiger partial charge on any atom is 0.331 e. The minimum absolute atomic E-state index is 0.195. The van der Waals surface area contributed by atoms with Crippen molar-refractivity contribution in [3.63, 3.8) is 0 Å². The first-order valence-electron chi connectivity index (χ1n) is 6.96. The summed E-state index contributed by atoms with van der Waals surface area (Å²) in [6.07, 6.45) is 0. The second-order valence-corrected chi connectivity index (χ2v) is 11.8. The number of methoxy groups -OCH3 is 1. The maximum absolute atomic E-state index is 12.1. The number of esters is 1. The van der Waals surface area contributed by atoms with Gasteiger partial charge in [-0.2, -0.15) is 0 Å². The normalized spacial score (nSPS) is 14.4.